The molecule has 11 heavy (non-hydrogen) atoms. The van der Waals surface area contributed by atoms with Crippen LogP contribution in [0.1, 0.15) is 11.7 Å². The Labute approximate surface area is 72.8 Å². The predicted molar refractivity (Wildman–Crippen MR) is 50.0 cm³/mol. The molecule has 0 bridgehead atoms. The van der Waals surface area contributed by atoms with E-state index in [2.05, 4.69) is 12.6 Å². The molecule has 0 spiro atoms. The van der Waals surface area contributed by atoms with Gasteiger partial charge in [0.1, 0.15) is 0 Å². The summed E-state index contributed by atoms with van der Waals surface area (Å²) in [4.78, 5) is 0. The first-order valence-corrected chi connectivity index (χ1v) is 4.20. The van der Waals surface area contributed by atoms with Gasteiger partial charge >= 0.3 is 0 Å². The molecule has 60 valence electrons. The zero-order valence-electron chi connectivity index (χ0n) is 6.53. The second-order valence-corrected chi connectivity index (χ2v) is 2.68. The molecule has 0 aliphatic heterocycles. The Hall–Kier alpha value is -0.470. The summed E-state index contributed by atoms with van der Waals surface area (Å²) in [5, 5.41) is 0. The Balaban J connectivity index is 2.74. The third-order valence-electron chi connectivity index (χ3n) is 1.62. The lowest BCUT2D eigenvalue weighted by molar-refractivity contribution is 0.124. The van der Waals surface area contributed by atoms with E-state index < -0.39 is 0 Å². The fourth-order valence-corrected chi connectivity index (χ4v) is 1.34. The van der Waals surface area contributed by atoms with Crippen molar-refractivity contribution in [3.05, 3.63) is 35.9 Å². The maximum atomic E-state index is 5.21. The number of methoxy groups -OCH3 is 1. The van der Waals surface area contributed by atoms with E-state index in [0.29, 0.717) is 0 Å². The second-order valence-electron chi connectivity index (χ2n) is 2.32. The van der Waals surface area contributed by atoms with E-state index >= 15 is 0 Å². The number of rotatable bonds is 3. The Kier molecular flexibility index (Phi) is 3.46. The van der Waals surface area contributed by atoms with Crippen LogP contribution in [0.5, 0.6) is 0 Å². The van der Waals surface area contributed by atoms with Crippen molar-refractivity contribution in [3.63, 3.8) is 0 Å². The summed E-state index contributed by atoms with van der Waals surface area (Å²) >= 11 is 4.18. The SMILES string of the molecule is COC(CS)c1ccccc1. The van der Waals surface area contributed by atoms with Crippen LogP contribution in [-0.2, 0) is 4.74 Å². The monoisotopic (exact) mass is 168 g/mol. The molecule has 0 saturated carbocycles. The summed E-state index contributed by atoms with van der Waals surface area (Å²) in [6.07, 6.45) is 0.125. The van der Waals surface area contributed by atoms with Crippen LogP contribution in [0.3, 0.4) is 0 Å². The Morgan fingerprint density at radius 2 is 2.00 bits per heavy atom. The number of thiol groups is 1. The number of hydrogen-bond acceptors (Lipinski definition) is 2. The van der Waals surface area contributed by atoms with Crippen LogP contribution in [0.4, 0.5) is 0 Å². The Bertz CT molecular complexity index is 194. The van der Waals surface area contributed by atoms with Gasteiger partial charge in [-0.25, -0.2) is 0 Å². The molecule has 0 amide bonds. The van der Waals surface area contributed by atoms with Crippen molar-refractivity contribution >= 4 is 12.6 Å². The molecule has 0 heterocycles. The standard InChI is InChI=1S/C9H12OS/c1-10-9(7-11)8-5-3-2-4-6-8/h2-6,9,11H,7H2,1H3. The minimum Gasteiger partial charge on any atom is -0.376 e. The molecule has 1 atom stereocenters. The highest BCUT2D eigenvalue weighted by Gasteiger charge is 2.05. The maximum Gasteiger partial charge on any atom is 0.0908 e. The average Bonchev–Trinajstić information content (AvgIpc) is 2.09. The summed E-state index contributed by atoms with van der Waals surface area (Å²) in [7, 11) is 1.70. The van der Waals surface area contributed by atoms with Crippen LogP contribution in [-0.4, -0.2) is 12.9 Å². The zero-order valence-corrected chi connectivity index (χ0v) is 7.42. The van der Waals surface area contributed by atoms with E-state index in [-0.39, 0.29) is 6.10 Å². The largest absolute Gasteiger partial charge is 0.376 e. The molecule has 1 aromatic rings. The van der Waals surface area contributed by atoms with Crippen molar-refractivity contribution in [2.45, 2.75) is 6.10 Å². The summed E-state index contributed by atoms with van der Waals surface area (Å²) in [5.74, 6) is 0.723. The van der Waals surface area contributed by atoms with Gasteiger partial charge in [0.15, 0.2) is 0 Å². The van der Waals surface area contributed by atoms with Crippen molar-refractivity contribution in [1.82, 2.24) is 0 Å². The van der Waals surface area contributed by atoms with Crippen LogP contribution < -0.4 is 0 Å². The van der Waals surface area contributed by atoms with E-state index in [1.54, 1.807) is 7.11 Å². The van der Waals surface area contributed by atoms with Gasteiger partial charge in [-0.3, -0.25) is 0 Å². The van der Waals surface area contributed by atoms with Gasteiger partial charge in [-0.15, -0.1) is 0 Å². The van der Waals surface area contributed by atoms with Crippen LogP contribution in [0.15, 0.2) is 30.3 Å². The van der Waals surface area contributed by atoms with Crippen LogP contribution in [0.2, 0.25) is 0 Å². The van der Waals surface area contributed by atoms with Gasteiger partial charge in [-0.2, -0.15) is 12.6 Å². The fraction of sp³-hybridized carbons (Fsp3) is 0.333. The van der Waals surface area contributed by atoms with Gasteiger partial charge in [0.05, 0.1) is 6.10 Å². The topological polar surface area (TPSA) is 9.23 Å². The minimum absolute atomic E-state index is 0.125. The van der Waals surface area contributed by atoms with Crippen molar-refractivity contribution in [2.24, 2.45) is 0 Å². The molecule has 0 aromatic heterocycles. The van der Waals surface area contributed by atoms with E-state index in [4.69, 9.17) is 4.74 Å². The summed E-state index contributed by atoms with van der Waals surface area (Å²) in [6.45, 7) is 0. The predicted octanol–water partition coefficient (Wildman–Crippen LogP) is 2.30. The van der Waals surface area contributed by atoms with Gasteiger partial charge in [-0.1, -0.05) is 30.3 Å². The van der Waals surface area contributed by atoms with Crippen LogP contribution >= 0.6 is 12.6 Å². The van der Waals surface area contributed by atoms with Gasteiger partial charge in [-0.05, 0) is 5.56 Å². The van der Waals surface area contributed by atoms with E-state index in [1.165, 1.54) is 5.56 Å². The van der Waals surface area contributed by atoms with E-state index in [0.717, 1.165) is 5.75 Å². The molecule has 0 fully saturated rings. The maximum absolute atomic E-state index is 5.21. The Morgan fingerprint density at radius 1 is 1.36 bits per heavy atom. The van der Waals surface area contributed by atoms with E-state index in [9.17, 15) is 0 Å². The lowest BCUT2D eigenvalue weighted by atomic mass is 10.1. The minimum atomic E-state index is 0.125. The smallest absolute Gasteiger partial charge is 0.0908 e. The van der Waals surface area contributed by atoms with Crippen molar-refractivity contribution < 1.29 is 4.74 Å². The number of benzene rings is 1. The van der Waals surface area contributed by atoms with Gasteiger partial charge in [0, 0.05) is 12.9 Å². The first kappa shape index (κ1) is 8.62. The van der Waals surface area contributed by atoms with E-state index in [1.807, 2.05) is 30.3 Å². The molecule has 0 aliphatic rings. The summed E-state index contributed by atoms with van der Waals surface area (Å²) < 4.78 is 5.21. The van der Waals surface area contributed by atoms with Gasteiger partial charge in [0.25, 0.3) is 0 Å². The highest BCUT2D eigenvalue weighted by Crippen LogP contribution is 2.16. The second kappa shape index (κ2) is 4.42. The lowest BCUT2D eigenvalue weighted by Crippen LogP contribution is -2.01. The normalized spacial score (nSPS) is 12.9. The Morgan fingerprint density at radius 3 is 2.45 bits per heavy atom. The molecule has 1 nitrogen and oxygen atoms in total. The van der Waals surface area contributed by atoms with Crippen molar-refractivity contribution in [2.75, 3.05) is 12.9 Å². The molecule has 0 N–H and O–H groups in total. The average molecular weight is 168 g/mol. The van der Waals surface area contributed by atoms with Crippen molar-refractivity contribution in [1.29, 1.82) is 0 Å². The molecule has 0 aliphatic carbocycles. The molecule has 1 aromatic carbocycles. The molecule has 2 heteroatoms. The highest BCUT2D eigenvalue weighted by molar-refractivity contribution is 7.80. The first-order valence-electron chi connectivity index (χ1n) is 3.57. The van der Waals surface area contributed by atoms with Gasteiger partial charge in [0.2, 0.25) is 0 Å². The third kappa shape index (κ3) is 2.24. The summed E-state index contributed by atoms with van der Waals surface area (Å²) in [6, 6.07) is 10.1. The van der Waals surface area contributed by atoms with Crippen LogP contribution in [0, 0.1) is 0 Å². The molecule has 0 radical (unpaired) electrons. The lowest BCUT2D eigenvalue weighted by Gasteiger charge is -2.11. The quantitative estimate of drug-likeness (QED) is 0.681. The fourth-order valence-electron chi connectivity index (χ4n) is 0.984. The molecule has 1 rings (SSSR count). The highest BCUT2D eigenvalue weighted by atomic mass is 32.1. The molecule has 0 saturated heterocycles. The summed E-state index contributed by atoms with van der Waals surface area (Å²) in [5.41, 5.74) is 1.19. The van der Waals surface area contributed by atoms with Gasteiger partial charge < -0.3 is 4.74 Å². The molecular weight excluding hydrogens is 156 g/mol. The third-order valence-corrected chi connectivity index (χ3v) is 1.95. The molecule has 1 unspecified atom stereocenters. The zero-order chi connectivity index (χ0) is 8.10. The number of hydrogen-bond donors (Lipinski definition) is 1. The van der Waals surface area contributed by atoms with Crippen LogP contribution in [0.25, 0.3) is 0 Å². The first-order chi connectivity index (χ1) is 5.38. The number of ether oxygens (including phenoxy) is 1. The molecular formula is C9H12OS. The van der Waals surface area contributed by atoms with Crippen molar-refractivity contribution in [3.8, 4) is 0 Å².